The van der Waals surface area contributed by atoms with Crippen molar-refractivity contribution < 1.29 is 5.11 Å². The summed E-state index contributed by atoms with van der Waals surface area (Å²) in [5.74, 6) is 0.233. The molecule has 0 spiro atoms. The maximum absolute atomic E-state index is 13.6. The lowest BCUT2D eigenvalue weighted by Crippen LogP contribution is -2.24. The molecular formula is C28H26N8O2. The fraction of sp³-hybridized carbons (Fsp3) is 0.214. The second-order valence-corrected chi connectivity index (χ2v) is 9.79. The van der Waals surface area contributed by atoms with Crippen LogP contribution in [-0.4, -0.2) is 29.2 Å². The first kappa shape index (κ1) is 24.6. The van der Waals surface area contributed by atoms with Crippen molar-refractivity contribution >= 4 is 11.5 Å². The third-order valence-electron chi connectivity index (χ3n) is 6.11. The molecule has 4 aromatic rings. The van der Waals surface area contributed by atoms with E-state index >= 15 is 0 Å². The molecule has 0 saturated heterocycles. The highest BCUT2D eigenvalue weighted by atomic mass is 16.3. The van der Waals surface area contributed by atoms with E-state index < -0.39 is 11.0 Å². The summed E-state index contributed by atoms with van der Waals surface area (Å²) in [7, 11) is 0. The normalized spacial score (nSPS) is 15.3. The average molecular weight is 507 g/mol. The van der Waals surface area contributed by atoms with Gasteiger partial charge < -0.3 is 5.11 Å². The van der Waals surface area contributed by atoms with Gasteiger partial charge >= 0.3 is 5.56 Å². The molecule has 0 fully saturated rings. The number of nitriles is 1. The molecule has 1 atom stereocenters. The summed E-state index contributed by atoms with van der Waals surface area (Å²) in [5.41, 5.74) is 0.0488. The molecule has 1 aromatic carbocycles. The van der Waals surface area contributed by atoms with Crippen molar-refractivity contribution in [3.05, 3.63) is 101 Å². The van der Waals surface area contributed by atoms with E-state index in [1.54, 1.807) is 36.5 Å². The minimum absolute atomic E-state index is 0.120. The minimum atomic E-state index is -0.543. The van der Waals surface area contributed by atoms with E-state index in [1.165, 1.54) is 14.0 Å². The van der Waals surface area contributed by atoms with Gasteiger partial charge in [-0.1, -0.05) is 69.3 Å². The lowest BCUT2D eigenvalue weighted by atomic mass is 9.90. The lowest BCUT2D eigenvalue weighted by Gasteiger charge is -2.20. The van der Waals surface area contributed by atoms with Crippen LogP contribution < -0.4 is 5.56 Å². The highest BCUT2D eigenvalue weighted by Gasteiger charge is 2.29. The summed E-state index contributed by atoms with van der Waals surface area (Å²) in [5, 5.41) is 34.5. The van der Waals surface area contributed by atoms with Crippen molar-refractivity contribution in [1.29, 1.82) is 5.26 Å². The Balaban J connectivity index is 1.71. The topological polar surface area (TPSA) is 126 Å². The summed E-state index contributed by atoms with van der Waals surface area (Å²) in [6.45, 7) is 5.82. The van der Waals surface area contributed by atoms with E-state index in [4.69, 9.17) is 0 Å². The minimum Gasteiger partial charge on any atom is -0.492 e. The van der Waals surface area contributed by atoms with Crippen LogP contribution in [0.25, 0.3) is 11.5 Å². The predicted molar refractivity (Wildman–Crippen MR) is 143 cm³/mol. The zero-order valence-corrected chi connectivity index (χ0v) is 21.2. The lowest BCUT2D eigenvalue weighted by molar-refractivity contribution is 0.363. The predicted octanol–water partition coefficient (Wildman–Crippen LogP) is 5.57. The van der Waals surface area contributed by atoms with Gasteiger partial charge in [-0.25, -0.2) is 14.3 Å². The van der Waals surface area contributed by atoms with Gasteiger partial charge in [0.25, 0.3) is 0 Å². The molecule has 1 aliphatic carbocycles. The van der Waals surface area contributed by atoms with Crippen LogP contribution in [0.1, 0.15) is 44.5 Å². The van der Waals surface area contributed by atoms with Gasteiger partial charge in [0.2, 0.25) is 11.6 Å². The molecule has 190 valence electrons. The van der Waals surface area contributed by atoms with E-state index in [0.29, 0.717) is 23.6 Å². The van der Waals surface area contributed by atoms with Gasteiger partial charge in [-0.15, -0.1) is 10.2 Å². The summed E-state index contributed by atoms with van der Waals surface area (Å²) in [4.78, 5) is 18.0. The Morgan fingerprint density at radius 1 is 1.08 bits per heavy atom. The average Bonchev–Trinajstić information content (AvgIpc) is 3.43. The molecule has 0 bridgehead atoms. The molecule has 5 rings (SSSR count). The fourth-order valence-corrected chi connectivity index (χ4v) is 4.32. The summed E-state index contributed by atoms with van der Waals surface area (Å²) >= 11 is 0. The SMILES string of the molecule is CC(C)(C)c1nn(-c2ccccn2)c(N=Nc2c(O)n(C3C=CC=CC3)n(-c3ccccc3)c2=O)c1C#N. The van der Waals surface area contributed by atoms with Gasteiger partial charge in [0.15, 0.2) is 11.6 Å². The quantitative estimate of drug-likeness (QED) is 0.354. The van der Waals surface area contributed by atoms with Crippen molar-refractivity contribution in [1.82, 2.24) is 24.1 Å². The molecule has 0 aliphatic heterocycles. The highest BCUT2D eigenvalue weighted by molar-refractivity contribution is 5.57. The largest absolute Gasteiger partial charge is 0.492 e. The molecule has 0 radical (unpaired) electrons. The first-order valence-corrected chi connectivity index (χ1v) is 12.1. The maximum Gasteiger partial charge on any atom is 0.303 e. The number of rotatable bonds is 5. The molecule has 1 N–H and O–H groups in total. The van der Waals surface area contributed by atoms with E-state index in [9.17, 15) is 15.2 Å². The Morgan fingerprint density at radius 3 is 2.47 bits per heavy atom. The second kappa shape index (κ2) is 9.78. The van der Waals surface area contributed by atoms with Crippen LogP contribution in [0.4, 0.5) is 11.5 Å². The van der Waals surface area contributed by atoms with Crippen LogP contribution in [0, 0.1) is 11.3 Å². The third kappa shape index (κ3) is 4.35. The summed E-state index contributed by atoms with van der Waals surface area (Å²) < 4.78 is 4.33. The Hall–Kier alpha value is -5.04. The molecule has 3 heterocycles. The van der Waals surface area contributed by atoms with Crippen molar-refractivity contribution in [2.24, 2.45) is 10.2 Å². The van der Waals surface area contributed by atoms with Crippen LogP contribution in [0.2, 0.25) is 0 Å². The standard InChI is InChI=1S/C28H26N8O2/c1-28(2,3)24-21(18-29)25(34(33-24)22-16-10-11-17-30-22)32-31-23-26(37)35(19-12-6-4-7-13-19)36(27(23)38)20-14-8-5-9-15-20/h4-14,16-17,20,38H,15H2,1-3H3. The number of azo groups is 1. The Bertz CT molecular complexity index is 1660. The smallest absolute Gasteiger partial charge is 0.303 e. The van der Waals surface area contributed by atoms with Crippen LogP contribution >= 0.6 is 0 Å². The van der Waals surface area contributed by atoms with Crippen molar-refractivity contribution in [3.63, 3.8) is 0 Å². The molecular weight excluding hydrogens is 480 g/mol. The molecule has 3 aromatic heterocycles. The van der Waals surface area contributed by atoms with Gasteiger partial charge in [0.05, 0.1) is 17.4 Å². The summed E-state index contributed by atoms with van der Waals surface area (Å²) in [6, 6.07) is 16.2. The number of pyridine rings is 1. The molecule has 1 unspecified atom stereocenters. The van der Waals surface area contributed by atoms with Gasteiger partial charge in [-0.3, -0.25) is 4.79 Å². The van der Waals surface area contributed by atoms with Crippen LogP contribution in [-0.2, 0) is 5.41 Å². The van der Waals surface area contributed by atoms with Crippen LogP contribution in [0.5, 0.6) is 5.88 Å². The summed E-state index contributed by atoms with van der Waals surface area (Å²) in [6.07, 6.45) is 9.84. The van der Waals surface area contributed by atoms with E-state index in [0.717, 1.165) is 0 Å². The second-order valence-electron chi connectivity index (χ2n) is 9.79. The fourth-order valence-electron chi connectivity index (χ4n) is 4.32. The zero-order valence-electron chi connectivity index (χ0n) is 21.2. The molecule has 0 amide bonds. The number of benzene rings is 1. The molecule has 38 heavy (non-hydrogen) atoms. The molecule has 10 nitrogen and oxygen atoms in total. The van der Waals surface area contributed by atoms with Gasteiger partial charge in [-0.05, 0) is 30.7 Å². The number of nitrogens with zero attached hydrogens (tertiary/aromatic N) is 8. The Morgan fingerprint density at radius 2 is 1.84 bits per heavy atom. The van der Waals surface area contributed by atoms with Gasteiger partial charge in [-0.2, -0.15) is 15.0 Å². The number of hydrogen-bond acceptors (Lipinski definition) is 7. The number of para-hydroxylation sites is 1. The molecule has 10 heteroatoms. The Kier molecular flexibility index (Phi) is 6.34. The number of allylic oxidation sites excluding steroid dienone is 4. The Labute approximate surface area is 219 Å². The monoisotopic (exact) mass is 506 g/mol. The molecule has 1 aliphatic rings. The number of aromatic hydroxyl groups is 1. The maximum atomic E-state index is 13.6. The first-order chi connectivity index (χ1) is 18.3. The van der Waals surface area contributed by atoms with Gasteiger partial charge in [0.1, 0.15) is 11.6 Å². The highest BCUT2D eigenvalue weighted by Crippen LogP contribution is 2.36. The van der Waals surface area contributed by atoms with E-state index in [2.05, 4.69) is 26.4 Å². The number of aromatic nitrogens is 5. The van der Waals surface area contributed by atoms with Crippen LogP contribution in [0.15, 0.2) is 94.1 Å². The third-order valence-corrected chi connectivity index (χ3v) is 6.11. The van der Waals surface area contributed by atoms with Crippen molar-refractivity contribution in [3.8, 4) is 23.5 Å². The van der Waals surface area contributed by atoms with Gasteiger partial charge in [0, 0.05) is 11.6 Å². The first-order valence-electron chi connectivity index (χ1n) is 12.1. The zero-order chi connectivity index (χ0) is 26.9. The van der Waals surface area contributed by atoms with E-state index in [1.807, 2.05) is 63.3 Å². The van der Waals surface area contributed by atoms with E-state index in [-0.39, 0.29) is 29.0 Å². The van der Waals surface area contributed by atoms with Crippen molar-refractivity contribution in [2.75, 3.05) is 0 Å². The molecule has 0 saturated carbocycles. The van der Waals surface area contributed by atoms with Crippen LogP contribution in [0.3, 0.4) is 0 Å². The number of hydrogen-bond donors (Lipinski definition) is 1. The van der Waals surface area contributed by atoms with Crippen molar-refractivity contribution in [2.45, 2.75) is 38.6 Å².